The Morgan fingerprint density at radius 1 is 1.37 bits per heavy atom. The summed E-state index contributed by atoms with van der Waals surface area (Å²) < 4.78 is 7.69. The molecule has 1 aliphatic rings. The molecule has 2 heterocycles. The maximum atomic E-state index is 12.6. The van der Waals surface area contributed by atoms with E-state index < -0.39 is 6.04 Å². The Balaban J connectivity index is 1.55. The number of hydrogen-bond acceptors (Lipinski definition) is 6. The van der Waals surface area contributed by atoms with E-state index in [1.807, 2.05) is 25.1 Å². The summed E-state index contributed by atoms with van der Waals surface area (Å²) in [6.07, 6.45) is 2.74. The van der Waals surface area contributed by atoms with Gasteiger partial charge < -0.3 is 10.1 Å². The van der Waals surface area contributed by atoms with E-state index in [1.54, 1.807) is 13.0 Å². The SMILES string of the molecule is CCOc1ccc2nc(NC(=O)[C@@H](C)n3nc4c(cc3=O)CCC4)sc2c1. The van der Waals surface area contributed by atoms with Gasteiger partial charge in [0.15, 0.2) is 5.13 Å². The molecule has 0 fully saturated rings. The number of anilines is 1. The van der Waals surface area contributed by atoms with Gasteiger partial charge in [0.05, 0.1) is 22.5 Å². The maximum absolute atomic E-state index is 12.6. The molecular weight excluding hydrogens is 364 g/mol. The summed E-state index contributed by atoms with van der Waals surface area (Å²) in [6.45, 7) is 4.19. The van der Waals surface area contributed by atoms with Crippen LogP contribution in [0.15, 0.2) is 29.1 Å². The fourth-order valence-corrected chi connectivity index (χ4v) is 4.13. The number of hydrogen-bond donors (Lipinski definition) is 1. The highest BCUT2D eigenvalue weighted by atomic mass is 32.1. The van der Waals surface area contributed by atoms with Gasteiger partial charge in [-0.2, -0.15) is 5.10 Å². The van der Waals surface area contributed by atoms with Gasteiger partial charge >= 0.3 is 0 Å². The van der Waals surface area contributed by atoms with Crippen molar-refractivity contribution < 1.29 is 9.53 Å². The Morgan fingerprint density at radius 2 is 2.22 bits per heavy atom. The molecule has 0 radical (unpaired) electrons. The van der Waals surface area contributed by atoms with Gasteiger partial charge in [-0.25, -0.2) is 9.67 Å². The topological polar surface area (TPSA) is 86.1 Å². The second-order valence-electron chi connectivity index (χ2n) is 6.50. The quantitative estimate of drug-likeness (QED) is 0.731. The second kappa shape index (κ2) is 7.11. The van der Waals surface area contributed by atoms with Gasteiger partial charge in [0.1, 0.15) is 11.8 Å². The standard InChI is InChI=1S/C19H20N4O3S/c1-3-26-13-7-8-15-16(10-13)27-19(20-15)21-18(25)11(2)23-17(24)9-12-5-4-6-14(12)22-23/h7-11H,3-6H2,1-2H3,(H,20,21,25)/t11-/m1/s1. The van der Waals surface area contributed by atoms with Gasteiger partial charge in [-0.05, 0) is 56.9 Å². The van der Waals surface area contributed by atoms with E-state index in [9.17, 15) is 9.59 Å². The molecule has 140 valence electrons. The number of ether oxygens (including phenoxy) is 1. The first kappa shape index (κ1) is 17.7. The molecule has 0 spiro atoms. The predicted octanol–water partition coefficient (Wildman–Crippen LogP) is 2.94. The van der Waals surface area contributed by atoms with Gasteiger partial charge in [0, 0.05) is 6.07 Å². The predicted molar refractivity (Wildman–Crippen MR) is 105 cm³/mol. The van der Waals surface area contributed by atoms with Crippen LogP contribution in [0.4, 0.5) is 5.13 Å². The molecule has 1 amide bonds. The summed E-state index contributed by atoms with van der Waals surface area (Å²) in [4.78, 5) is 29.4. The molecule has 1 N–H and O–H groups in total. The van der Waals surface area contributed by atoms with E-state index in [2.05, 4.69) is 15.4 Å². The maximum Gasteiger partial charge on any atom is 0.267 e. The van der Waals surface area contributed by atoms with Crippen molar-refractivity contribution in [3.8, 4) is 5.75 Å². The Bertz CT molecular complexity index is 1070. The van der Waals surface area contributed by atoms with Crippen molar-refractivity contribution in [2.45, 2.75) is 39.2 Å². The molecule has 0 saturated carbocycles. The number of nitrogens with zero attached hydrogens (tertiary/aromatic N) is 3. The number of thiazole rings is 1. The Hall–Kier alpha value is -2.74. The highest BCUT2D eigenvalue weighted by Gasteiger charge is 2.22. The minimum atomic E-state index is -0.714. The fourth-order valence-electron chi connectivity index (χ4n) is 3.23. The van der Waals surface area contributed by atoms with Crippen LogP contribution in [0, 0.1) is 0 Å². The smallest absolute Gasteiger partial charge is 0.267 e. The molecule has 1 aliphatic carbocycles. The molecule has 1 atom stereocenters. The molecule has 0 bridgehead atoms. The van der Waals surface area contributed by atoms with Crippen LogP contribution in [-0.4, -0.2) is 27.3 Å². The Kier molecular flexibility index (Phi) is 4.65. The number of rotatable bonds is 5. The van der Waals surface area contributed by atoms with Crippen molar-refractivity contribution in [3.63, 3.8) is 0 Å². The van der Waals surface area contributed by atoms with E-state index in [-0.39, 0.29) is 11.5 Å². The number of carbonyl (C=O) groups excluding carboxylic acids is 1. The highest BCUT2D eigenvalue weighted by molar-refractivity contribution is 7.22. The molecule has 2 aromatic heterocycles. The number of aromatic nitrogens is 3. The van der Waals surface area contributed by atoms with Crippen molar-refractivity contribution in [2.24, 2.45) is 0 Å². The molecule has 0 saturated heterocycles. The molecule has 3 aromatic rings. The summed E-state index contributed by atoms with van der Waals surface area (Å²) in [7, 11) is 0. The third-order valence-corrected chi connectivity index (χ3v) is 5.56. The lowest BCUT2D eigenvalue weighted by atomic mass is 10.2. The highest BCUT2D eigenvalue weighted by Crippen LogP contribution is 2.29. The lowest BCUT2D eigenvalue weighted by molar-refractivity contribution is -0.119. The number of fused-ring (bicyclic) bond motifs is 2. The first-order chi connectivity index (χ1) is 13.0. The van der Waals surface area contributed by atoms with Crippen LogP contribution in [-0.2, 0) is 17.6 Å². The van der Waals surface area contributed by atoms with Crippen LogP contribution in [0.3, 0.4) is 0 Å². The number of nitrogens with one attached hydrogen (secondary N) is 1. The van der Waals surface area contributed by atoms with Crippen molar-refractivity contribution in [1.29, 1.82) is 0 Å². The molecule has 0 aliphatic heterocycles. The van der Waals surface area contributed by atoms with E-state index in [4.69, 9.17) is 4.74 Å². The zero-order valence-electron chi connectivity index (χ0n) is 15.2. The second-order valence-corrected chi connectivity index (χ2v) is 7.53. The summed E-state index contributed by atoms with van der Waals surface area (Å²) in [6, 6.07) is 6.51. The molecule has 0 unspecified atom stereocenters. The van der Waals surface area contributed by atoms with Gasteiger partial charge in [0.25, 0.3) is 11.5 Å². The minimum Gasteiger partial charge on any atom is -0.494 e. The number of aryl methyl sites for hydroxylation is 2. The van der Waals surface area contributed by atoms with Crippen LogP contribution in [0.5, 0.6) is 5.75 Å². The molecule has 1 aromatic carbocycles. The summed E-state index contributed by atoms with van der Waals surface area (Å²) in [5.74, 6) is 0.459. The van der Waals surface area contributed by atoms with Crippen LogP contribution in [0.2, 0.25) is 0 Å². The molecular formula is C19H20N4O3S. The summed E-state index contributed by atoms with van der Waals surface area (Å²) in [5, 5.41) is 7.69. The lowest BCUT2D eigenvalue weighted by Gasteiger charge is -2.14. The zero-order valence-corrected chi connectivity index (χ0v) is 16.0. The van der Waals surface area contributed by atoms with Gasteiger partial charge in [-0.1, -0.05) is 11.3 Å². The lowest BCUT2D eigenvalue weighted by Crippen LogP contribution is -2.33. The van der Waals surface area contributed by atoms with Gasteiger partial charge in [0.2, 0.25) is 0 Å². The average molecular weight is 384 g/mol. The molecule has 8 heteroatoms. The van der Waals surface area contributed by atoms with Crippen molar-refractivity contribution >= 4 is 32.6 Å². The minimum absolute atomic E-state index is 0.246. The van der Waals surface area contributed by atoms with Crippen LogP contribution >= 0.6 is 11.3 Å². The average Bonchev–Trinajstić information content (AvgIpc) is 3.25. The number of amides is 1. The largest absolute Gasteiger partial charge is 0.494 e. The van der Waals surface area contributed by atoms with Gasteiger partial charge in [-0.15, -0.1) is 0 Å². The van der Waals surface area contributed by atoms with Crippen LogP contribution < -0.4 is 15.6 Å². The van der Waals surface area contributed by atoms with Crippen LogP contribution in [0.1, 0.15) is 37.6 Å². The van der Waals surface area contributed by atoms with E-state index in [0.717, 1.165) is 46.5 Å². The van der Waals surface area contributed by atoms with Crippen molar-refractivity contribution in [1.82, 2.24) is 14.8 Å². The fraction of sp³-hybridized carbons (Fsp3) is 0.368. The van der Waals surface area contributed by atoms with Crippen molar-refractivity contribution in [3.05, 3.63) is 45.9 Å². The zero-order chi connectivity index (χ0) is 19.0. The van der Waals surface area contributed by atoms with Crippen molar-refractivity contribution in [2.75, 3.05) is 11.9 Å². The summed E-state index contributed by atoms with van der Waals surface area (Å²) in [5.41, 5.74) is 2.46. The molecule has 27 heavy (non-hydrogen) atoms. The van der Waals surface area contributed by atoms with E-state index >= 15 is 0 Å². The first-order valence-electron chi connectivity index (χ1n) is 9.01. The number of benzene rings is 1. The molecule has 7 nitrogen and oxygen atoms in total. The van der Waals surface area contributed by atoms with Crippen LogP contribution in [0.25, 0.3) is 10.2 Å². The Labute approximate surface area is 160 Å². The Morgan fingerprint density at radius 3 is 3.04 bits per heavy atom. The number of carbonyl (C=O) groups is 1. The normalized spacial score (nSPS) is 14.1. The van der Waals surface area contributed by atoms with E-state index in [1.165, 1.54) is 16.0 Å². The van der Waals surface area contributed by atoms with Gasteiger partial charge in [-0.3, -0.25) is 9.59 Å². The monoisotopic (exact) mass is 384 g/mol. The third-order valence-electron chi connectivity index (χ3n) is 4.63. The first-order valence-corrected chi connectivity index (χ1v) is 9.82. The van der Waals surface area contributed by atoms with E-state index in [0.29, 0.717) is 11.7 Å². The third kappa shape index (κ3) is 3.44. The molecule has 4 rings (SSSR count). The summed E-state index contributed by atoms with van der Waals surface area (Å²) >= 11 is 1.37.